The lowest BCUT2D eigenvalue weighted by Gasteiger charge is -2.13. The molecule has 0 unspecified atom stereocenters. The average Bonchev–Trinajstić information content (AvgIpc) is 2.85. The van der Waals surface area contributed by atoms with Crippen LogP contribution in [0.25, 0.3) is 6.08 Å². The second-order valence-corrected chi connectivity index (χ2v) is 7.35. The molecule has 134 valence electrons. The first-order valence-corrected chi connectivity index (χ1v) is 9.47. The van der Waals surface area contributed by atoms with E-state index in [0.717, 1.165) is 17.3 Å². The normalized spacial score (nSPS) is 15.8. The van der Waals surface area contributed by atoms with E-state index < -0.39 is 0 Å². The van der Waals surface area contributed by atoms with Crippen LogP contribution < -0.4 is 4.74 Å². The fourth-order valence-corrected chi connectivity index (χ4v) is 3.78. The Labute approximate surface area is 165 Å². The topological polar surface area (TPSA) is 46.6 Å². The van der Waals surface area contributed by atoms with Crippen molar-refractivity contribution >= 4 is 52.2 Å². The second kappa shape index (κ2) is 8.16. The highest BCUT2D eigenvalue weighted by Gasteiger charge is 2.35. The Morgan fingerprint density at radius 2 is 1.96 bits per heavy atom. The zero-order valence-electron chi connectivity index (χ0n) is 13.9. The zero-order chi connectivity index (χ0) is 18.7. The number of amides is 2. The van der Waals surface area contributed by atoms with Gasteiger partial charge in [0.25, 0.3) is 11.1 Å². The molecule has 0 aliphatic carbocycles. The van der Waals surface area contributed by atoms with Crippen molar-refractivity contribution < 1.29 is 14.3 Å². The summed E-state index contributed by atoms with van der Waals surface area (Å²) in [5.74, 6) is 0.376. The van der Waals surface area contributed by atoms with Crippen molar-refractivity contribution in [2.45, 2.75) is 13.5 Å². The molecule has 0 bridgehead atoms. The van der Waals surface area contributed by atoms with Crippen LogP contribution in [-0.2, 0) is 11.3 Å². The van der Waals surface area contributed by atoms with Gasteiger partial charge in [-0.25, -0.2) is 0 Å². The molecule has 2 aromatic rings. The Kier molecular flexibility index (Phi) is 5.91. The summed E-state index contributed by atoms with van der Waals surface area (Å²) in [5, 5.41) is 0.597. The maximum atomic E-state index is 12.6. The van der Waals surface area contributed by atoms with Crippen LogP contribution in [0.4, 0.5) is 4.79 Å². The van der Waals surface area contributed by atoms with Crippen LogP contribution in [-0.4, -0.2) is 22.7 Å². The number of nitrogens with zero attached hydrogens (tertiary/aromatic N) is 1. The van der Waals surface area contributed by atoms with E-state index in [1.54, 1.807) is 24.3 Å². The number of rotatable bonds is 5. The van der Waals surface area contributed by atoms with Crippen molar-refractivity contribution in [3.05, 3.63) is 68.5 Å². The average molecular weight is 408 g/mol. The van der Waals surface area contributed by atoms with Crippen LogP contribution in [0.2, 0.25) is 10.0 Å². The third kappa shape index (κ3) is 4.23. The minimum Gasteiger partial charge on any atom is -0.494 e. The first-order chi connectivity index (χ1) is 12.5. The first-order valence-electron chi connectivity index (χ1n) is 7.90. The van der Waals surface area contributed by atoms with E-state index in [0.29, 0.717) is 32.9 Å². The van der Waals surface area contributed by atoms with Gasteiger partial charge in [0.05, 0.1) is 18.1 Å². The molecule has 0 atom stereocenters. The maximum Gasteiger partial charge on any atom is 0.293 e. The third-order valence-corrected chi connectivity index (χ3v) is 5.18. The quantitative estimate of drug-likeness (QED) is 0.602. The highest BCUT2D eigenvalue weighted by Crippen LogP contribution is 2.34. The van der Waals surface area contributed by atoms with Crippen LogP contribution in [0.3, 0.4) is 0 Å². The number of ether oxygens (including phenoxy) is 1. The van der Waals surface area contributed by atoms with E-state index in [2.05, 4.69) is 0 Å². The molecule has 0 aromatic heterocycles. The molecule has 1 saturated heterocycles. The molecule has 26 heavy (non-hydrogen) atoms. The van der Waals surface area contributed by atoms with Gasteiger partial charge in [0.2, 0.25) is 0 Å². The smallest absolute Gasteiger partial charge is 0.293 e. The van der Waals surface area contributed by atoms with Crippen molar-refractivity contribution in [1.82, 2.24) is 4.90 Å². The molecule has 1 aliphatic heterocycles. The number of hydrogen-bond donors (Lipinski definition) is 0. The summed E-state index contributed by atoms with van der Waals surface area (Å²) >= 11 is 12.9. The van der Waals surface area contributed by atoms with Crippen molar-refractivity contribution in [1.29, 1.82) is 0 Å². The van der Waals surface area contributed by atoms with Gasteiger partial charge in [-0.2, -0.15) is 0 Å². The summed E-state index contributed by atoms with van der Waals surface area (Å²) in [5.41, 5.74) is 1.46. The molecule has 1 aliphatic rings. The van der Waals surface area contributed by atoms with Gasteiger partial charge >= 0.3 is 0 Å². The minimum atomic E-state index is -0.340. The zero-order valence-corrected chi connectivity index (χ0v) is 16.2. The number of halogens is 2. The largest absolute Gasteiger partial charge is 0.494 e. The Hall–Kier alpha value is -1.95. The molecule has 1 heterocycles. The SMILES string of the molecule is CCOc1cccc(/C=C2\SC(=O)N(Cc3ccc(Cl)cc3Cl)C2=O)c1. The monoisotopic (exact) mass is 407 g/mol. The predicted octanol–water partition coefficient (Wildman–Crippen LogP) is 5.63. The van der Waals surface area contributed by atoms with Gasteiger partial charge in [-0.05, 0) is 60.2 Å². The summed E-state index contributed by atoms with van der Waals surface area (Å²) in [6.45, 7) is 2.57. The predicted molar refractivity (Wildman–Crippen MR) is 106 cm³/mol. The van der Waals surface area contributed by atoms with Crippen LogP contribution >= 0.6 is 35.0 Å². The lowest BCUT2D eigenvalue weighted by atomic mass is 10.2. The lowest BCUT2D eigenvalue weighted by molar-refractivity contribution is -0.123. The summed E-state index contributed by atoms with van der Waals surface area (Å²) in [6.07, 6.45) is 1.69. The molecule has 3 rings (SSSR count). The van der Waals surface area contributed by atoms with Crippen molar-refractivity contribution in [3.8, 4) is 5.75 Å². The number of imide groups is 1. The third-order valence-electron chi connectivity index (χ3n) is 3.68. The van der Waals surface area contributed by atoms with E-state index in [4.69, 9.17) is 27.9 Å². The van der Waals surface area contributed by atoms with Gasteiger partial charge in [0.15, 0.2) is 0 Å². The summed E-state index contributed by atoms with van der Waals surface area (Å²) in [7, 11) is 0. The first kappa shape index (κ1) is 18.8. The molecule has 7 heteroatoms. The Morgan fingerprint density at radius 1 is 1.15 bits per heavy atom. The Bertz CT molecular complexity index is 898. The summed E-state index contributed by atoms with van der Waals surface area (Å²) < 4.78 is 5.46. The molecule has 2 aromatic carbocycles. The molecule has 1 fully saturated rings. The fourth-order valence-electron chi connectivity index (χ4n) is 2.47. The molecule has 4 nitrogen and oxygen atoms in total. The highest BCUT2D eigenvalue weighted by atomic mass is 35.5. The van der Waals surface area contributed by atoms with E-state index in [1.165, 1.54) is 4.90 Å². The molecule has 2 amide bonds. The van der Waals surface area contributed by atoms with Gasteiger partial charge in [-0.3, -0.25) is 14.5 Å². The summed E-state index contributed by atoms with van der Waals surface area (Å²) in [4.78, 5) is 26.4. The van der Waals surface area contributed by atoms with Gasteiger partial charge in [0, 0.05) is 10.0 Å². The van der Waals surface area contributed by atoms with Gasteiger partial charge in [0.1, 0.15) is 5.75 Å². The molecule has 0 spiro atoms. The van der Waals surface area contributed by atoms with Crippen LogP contribution in [0.15, 0.2) is 47.4 Å². The van der Waals surface area contributed by atoms with Crippen LogP contribution in [0.1, 0.15) is 18.1 Å². The molecular formula is C19H15Cl2NO3S. The molecule has 0 radical (unpaired) electrons. The molecule has 0 N–H and O–H groups in total. The van der Waals surface area contributed by atoms with Crippen molar-refractivity contribution in [2.24, 2.45) is 0 Å². The molecular weight excluding hydrogens is 393 g/mol. The van der Waals surface area contributed by atoms with E-state index in [-0.39, 0.29) is 17.7 Å². The number of hydrogen-bond acceptors (Lipinski definition) is 4. The van der Waals surface area contributed by atoms with E-state index in [9.17, 15) is 9.59 Å². The van der Waals surface area contributed by atoms with E-state index >= 15 is 0 Å². The Balaban J connectivity index is 1.81. The number of carbonyl (C=O) groups is 2. The van der Waals surface area contributed by atoms with Gasteiger partial charge in [-0.15, -0.1) is 0 Å². The van der Waals surface area contributed by atoms with Crippen LogP contribution in [0.5, 0.6) is 5.75 Å². The number of thioether (sulfide) groups is 1. The fraction of sp³-hybridized carbons (Fsp3) is 0.158. The van der Waals surface area contributed by atoms with Gasteiger partial charge < -0.3 is 4.74 Å². The minimum absolute atomic E-state index is 0.108. The van der Waals surface area contributed by atoms with Crippen molar-refractivity contribution in [3.63, 3.8) is 0 Å². The second-order valence-electron chi connectivity index (χ2n) is 5.51. The van der Waals surface area contributed by atoms with Gasteiger partial charge in [-0.1, -0.05) is 41.4 Å². The maximum absolute atomic E-state index is 12.6. The summed E-state index contributed by atoms with van der Waals surface area (Å²) in [6, 6.07) is 12.3. The lowest BCUT2D eigenvalue weighted by Crippen LogP contribution is -2.27. The number of benzene rings is 2. The van der Waals surface area contributed by atoms with E-state index in [1.807, 2.05) is 31.2 Å². The highest BCUT2D eigenvalue weighted by molar-refractivity contribution is 8.18. The van der Waals surface area contributed by atoms with Crippen molar-refractivity contribution in [2.75, 3.05) is 6.61 Å². The van der Waals surface area contributed by atoms with Crippen LogP contribution in [0, 0.1) is 0 Å². The standard InChI is InChI=1S/C19H15Cl2NO3S/c1-2-25-15-5-3-4-12(8-15)9-17-18(23)22(19(24)26-17)11-13-6-7-14(20)10-16(13)21/h3-10H,2,11H2,1H3/b17-9-. The molecule has 0 saturated carbocycles. The number of carbonyl (C=O) groups excluding carboxylic acids is 2. The Morgan fingerprint density at radius 3 is 2.69 bits per heavy atom.